The molecule has 0 aliphatic heterocycles. The highest BCUT2D eigenvalue weighted by atomic mass is 14.4. The highest BCUT2D eigenvalue weighted by molar-refractivity contribution is 5.41. The third-order valence-corrected chi connectivity index (χ3v) is 3.62. The van der Waals surface area contributed by atoms with Crippen molar-refractivity contribution in [3.63, 3.8) is 0 Å². The molecule has 0 heteroatoms. The molecule has 1 aliphatic rings. The van der Waals surface area contributed by atoms with Crippen LogP contribution in [0.1, 0.15) is 51.2 Å². The van der Waals surface area contributed by atoms with Crippen molar-refractivity contribution in [2.75, 3.05) is 0 Å². The molecule has 14 heavy (non-hydrogen) atoms. The smallest absolute Gasteiger partial charge is 0.00948 e. The monoisotopic (exact) mass is 188 g/mol. The molecule has 0 aromatic heterocycles. The molecule has 0 bridgehead atoms. The van der Waals surface area contributed by atoms with E-state index < -0.39 is 0 Å². The van der Waals surface area contributed by atoms with E-state index in [0.29, 0.717) is 5.41 Å². The molecule has 0 saturated carbocycles. The number of benzene rings is 1. The van der Waals surface area contributed by atoms with Gasteiger partial charge in [0.2, 0.25) is 0 Å². The minimum Gasteiger partial charge on any atom is -0.0622 e. The van der Waals surface area contributed by atoms with Crippen LogP contribution in [0.2, 0.25) is 0 Å². The lowest BCUT2D eigenvalue weighted by Gasteiger charge is -2.20. The first kappa shape index (κ1) is 9.76. The van der Waals surface area contributed by atoms with Gasteiger partial charge in [-0.05, 0) is 34.8 Å². The van der Waals surface area contributed by atoms with Crippen molar-refractivity contribution in [2.45, 2.75) is 45.4 Å². The van der Waals surface area contributed by atoms with Crippen molar-refractivity contribution in [1.29, 1.82) is 0 Å². The van der Waals surface area contributed by atoms with Crippen LogP contribution < -0.4 is 0 Å². The van der Waals surface area contributed by atoms with Gasteiger partial charge in [-0.25, -0.2) is 0 Å². The second-order valence-corrected chi connectivity index (χ2v) is 5.53. The van der Waals surface area contributed by atoms with E-state index in [9.17, 15) is 0 Å². The molecule has 0 radical (unpaired) electrons. The Bertz CT molecular complexity index is 334. The molecule has 2 rings (SSSR count). The summed E-state index contributed by atoms with van der Waals surface area (Å²) >= 11 is 0. The maximum atomic E-state index is 2.37. The van der Waals surface area contributed by atoms with E-state index in [2.05, 4.69) is 52.0 Å². The molecule has 0 saturated heterocycles. The van der Waals surface area contributed by atoms with E-state index in [1.54, 1.807) is 11.1 Å². The minimum atomic E-state index is 0.380. The van der Waals surface area contributed by atoms with Crippen molar-refractivity contribution in [3.8, 4) is 0 Å². The van der Waals surface area contributed by atoms with Crippen molar-refractivity contribution < 1.29 is 0 Å². The van der Waals surface area contributed by atoms with Gasteiger partial charge in [0, 0.05) is 0 Å². The molecule has 0 spiro atoms. The predicted octanol–water partition coefficient (Wildman–Crippen LogP) is 4.11. The average Bonchev–Trinajstić information content (AvgIpc) is 2.40. The number of hydrogen-bond acceptors (Lipinski definition) is 0. The first-order chi connectivity index (χ1) is 6.52. The molecule has 0 heterocycles. The van der Waals surface area contributed by atoms with Gasteiger partial charge >= 0.3 is 0 Å². The van der Waals surface area contributed by atoms with E-state index in [0.717, 1.165) is 11.8 Å². The topological polar surface area (TPSA) is 0 Å². The van der Waals surface area contributed by atoms with Crippen molar-refractivity contribution >= 4 is 0 Å². The van der Waals surface area contributed by atoms with Gasteiger partial charge in [0.25, 0.3) is 0 Å². The summed E-state index contributed by atoms with van der Waals surface area (Å²) in [6.07, 6.45) is 1.31. The standard InChI is InChI=1S/C14H20/c1-10(2)12-9-14(3,4)13-8-6-5-7-11(12)13/h5-8,10,12H,9H2,1-4H3. The Hall–Kier alpha value is -0.780. The number of fused-ring (bicyclic) bond motifs is 1. The summed E-state index contributed by atoms with van der Waals surface area (Å²) in [7, 11) is 0. The first-order valence-corrected chi connectivity index (χ1v) is 5.62. The second kappa shape index (κ2) is 3.12. The number of hydrogen-bond donors (Lipinski definition) is 0. The van der Waals surface area contributed by atoms with Crippen LogP contribution in [0.4, 0.5) is 0 Å². The molecule has 1 aliphatic carbocycles. The molecule has 0 nitrogen and oxygen atoms in total. The maximum absolute atomic E-state index is 2.37. The van der Waals surface area contributed by atoms with Gasteiger partial charge in [-0.3, -0.25) is 0 Å². The van der Waals surface area contributed by atoms with Crippen LogP contribution in [0.15, 0.2) is 24.3 Å². The molecule has 1 atom stereocenters. The van der Waals surface area contributed by atoms with E-state index in [1.807, 2.05) is 0 Å². The Balaban J connectivity index is 2.49. The third-order valence-electron chi connectivity index (χ3n) is 3.62. The Labute approximate surface area is 87.3 Å². The molecule has 0 amide bonds. The van der Waals surface area contributed by atoms with Crippen LogP contribution in [0, 0.1) is 5.92 Å². The minimum absolute atomic E-state index is 0.380. The van der Waals surface area contributed by atoms with E-state index >= 15 is 0 Å². The molecule has 1 aromatic rings. The van der Waals surface area contributed by atoms with Crippen molar-refractivity contribution in [3.05, 3.63) is 35.4 Å². The Kier molecular flexibility index (Phi) is 2.17. The van der Waals surface area contributed by atoms with Gasteiger partial charge in [0.1, 0.15) is 0 Å². The molecular weight excluding hydrogens is 168 g/mol. The number of rotatable bonds is 1. The Morgan fingerprint density at radius 2 is 1.86 bits per heavy atom. The Morgan fingerprint density at radius 3 is 2.50 bits per heavy atom. The summed E-state index contributed by atoms with van der Waals surface area (Å²) in [6.45, 7) is 9.41. The zero-order valence-electron chi connectivity index (χ0n) is 9.67. The zero-order valence-corrected chi connectivity index (χ0v) is 9.67. The molecule has 0 N–H and O–H groups in total. The van der Waals surface area contributed by atoms with E-state index in [-0.39, 0.29) is 0 Å². The van der Waals surface area contributed by atoms with Crippen LogP contribution in [0.3, 0.4) is 0 Å². The average molecular weight is 188 g/mol. The highest BCUT2D eigenvalue weighted by Gasteiger charge is 2.37. The van der Waals surface area contributed by atoms with Gasteiger partial charge in [-0.15, -0.1) is 0 Å². The van der Waals surface area contributed by atoms with Gasteiger partial charge in [-0.2, -0.15) is 0 Å². The molecular formula is C14H20. The van der Waals surface area contributed by atoms with Gasteiger partial charge in [0.05, 0.1) is 0 Å². The molecule has 0 fully saturated rings. The van der Waals surface area contributed by atoms with Crippen molar-refractivity contribution in [2.24, 2.45) is 5.92 Å². The van der Waals surface area contributed by atoms with Crippen LogP contribution in [-0.2, 0) is 5.41 Å². The maximum Gasteiger partial charge on any atom is -0.00948 e. The van der Waals surface area contributed by atoms with E-state index in [1.165, 1.54) is 6.42 Å². The first-order valence-electron chi connectivity index (χ1n) is 5.62. The quantitative estimate of drug-likeness (QED) is 0.622. The third kappa shape index (κ3) is 1.37. The van der Waals surface area contributed by atoms with Crippen LogP contribution in [-0.4, -0.2) is 0 Å². The fourth-order valence-electron chi connectivity index (χ4n) is 2.80. The lowest BCUT2D eigenvalue weighted by molar-refractivity contribution is 0.409. The summed E-state index contributed by atoms with van der Waals surface area (Å²) in [5, 5.41) is 0. The van der Waals surface area contributed by atoms with Crippen LogP contribution in [0.25, 0.3) is 0 Å². The molecule has 1 unspecified atom stereocenters. The molecule has 76 valence electrons. The summed E-state index contributed by atoms with van der Waals surface area (Å²) in [4.78, 5) is 0. The van der Waals surface area contributed by atoms with Gasteiger partial charge in [0.15, 0.2) is 0 Å². The van der Waals surface area contributed by atoms with Crippen LogP contribution >= 0.6 is 0 Å². The lowest BCUT2D eigenvalue weighted by atomic mass is 9.84. The second-order valence-electron chi connectivity index (χ2n) is 5.53. The molecule has 1 aromatic carbocycles. The zero-order chi connectivity index (χ0) is 10.3. The largest absolute Gasteiger partial charge is 0.0622 e. The lowest BCUT2D eigenvalue weighted by Crippen LogP contribution is -2.13. The summed E-state index contributed by atoms with van der Waals surface area (Å²) in [5.41, 5.74) is 3.54. The Morgan fingerprint density at radius 1 is 1.21 bits per heavy atom. The fourth-order valence-corrected chi connectivity index (χ4v) is 2.80. The predicted molar refractivity (Wildman–Crippen MR) is 61.7 cm³/mol. The summed E-state index contributed by atoms with van der Waals surface area (Å²) in [6, 6.07) is 8.96. The van der Waals surface area contributed by atoms with Gasteiger partial charge < -0.3 is 0 Å². The fraction of sp³-hybridized carbons (Fsp3) is 0.571. The van der Waals surface area contributed by atoms with E-state index in [4.69, 9.17) is 0 Å². The van der Waals surface area contributed by atoms with Gasteiger partial charge in [-0.1, -0.05) is 52.0 Å². The SMILES string of the molecule is CC(C)C1CC(C)(C)c2ccccc21. The van der Waals surface area contributed by atoms with Crippen LogP contribution in [0.5, 0.6) is 0 Å². The van der Waals surface area contributed by atoms with Crippen molar-refractivity contribution in [1.82, 2.24) is 0 Å². The summed E-state index contributed by atoms with van der Waals surface area (Å²) in [5.74, 6) is 1.53. The normalized spacial score (nSPS) is 23.9. The highest BCUT2D eigenvalue weighted by Crippen LogP contribution is 2.48. The summed E-state index contributed by atoms with van der Waals surface area (Å²) < 4.78 is 0.